The summed E-state index contributed by atoms with van der Waals surface area (Å²) in [5.41, 5.74) is 0.224. The normalized spacial score (nSPS) is 12.1. The van der Waals surface area contributed by atoms with Crippen LogP contribution < -0.4 is 34.6 Å². The van der Waals surface area contributed by atoms with Crippen molar-refractivity contribution in [3.63, 3.8) is 0 Å². The van der Waals surface area contributed by atoms with Crippen LogP contribution in [0.1, 0.15) is 32.8 Å². The molecule has 0 aliphatic carbocycles. The lowest BCUT2D eigenvalue weighted by molar-refractivity contribution is -0.123. The maximum Gasteiger partial charge on any atom is 0.408 e. The van der Waals surface area contributed by atoms with Gasteiger partial charge in [-0.3, -0.25) is 4.79 Å². The van der Waals surface area contributed by atoms with Crippen LogP contribution in [-0.2, 0) is 27.0 Å². The van der Waals surface area contributed by atoms with Crippen LogP contribution in [0.5, 0.6) is 0 Å². The zero-order valence-corrected chi connectivity index (χ0v) is 19.6. The average Bonchev–Trinajstić information content (AvgIpc) is 2.48. The number of hydrogen-bond donors (Lipinski definition) is 2. The van der Waals surface area contributed by atoms with E-state index in [9.17, 15) is 9.59 Å². The van der Waals surface area contributed by atoms with Crippen molar-refractivity contribution in [2.45, 2.75) is 45.4 Å². The molecular formula is C18H28ClIN2O3S. The molecule has 0 fully saturated rings. The molecule has 0 heterocycles. The van der Waals surface area contributed by atoms with E-state index in [2.05, 4.69) is 23.1 Å². The first-order chi connectivity index (χ1) is 11.6. The Balaban J connectivity index is 0.00000625. The summed E-state index contributed by atoms with van der Waals surface area (Å²) < 4.78 is 5.26. The second-order valence-electron chi connectivity index (χ2n) is 6.99. The highest BCUT2D eigenvalue weighted by Crippen LogP contribution is 2.14. The van der Waals surface area contributed by atoms with Gasteiger partial charge in [0.05, 0.1) is 12.5 Å². The summed E-state index contributed by atoms with van der Waals surface area (Å²) >= 11 is 6.11. The van der Waals surface area contributed by atoms with Gasteiger partial charge >= 0.3 is 6.09 Å². The van der Waals surface area contributed by atoms with Gasteiger partial charge in [-0.2, -0.15) is 0 Å². The van der Waals surface area contributed by atoms with Crippen molar-refractivity contribution < 1.29 is 38.3 Å². The molecule has 1 rings (SSSR count). The van der Waals surface area contributed by atoms with E-state index >= 15 is 0 Å². The van der Waals surface area contributed by atoms with Crippen molar-refractivity contribution >= 4 is 34.5 Å². The molecule has 8 heteroatoms. The quantitative estimate of drug-likeness (QED) is 0.401. The highest BCUT2D eigenvalue weighted by Gasteiger charge is 2.25. The molecule has 1 atom stereocenters. The van der Waals surface area contributed by atoms with Crippen molar-refractivity contribution in [3.05, 3.63) is 34.9 Å². The van der Waals surface area contributed by atoms with Crippen LogP contribution in [0.3, 0.4) is 0 Å². The molecule has 1 aromatic carbocycles. The van der Waals surface area contributed by atoms with Gasteiger partial charge in [-0.1, -0.05) is 29.8 Å². The molecule has 0 aliphatic rings. The smallest absolute Gasteiger partial charge is 0.408 e. The first-order valence-electron chi connectivity index (χ1n) is 8.13. The highest BCUT2D eigenvalue weighted by molar-refractivity contribution is 7.95. The van der Waals surface area contributed by atoms with E-state index in [1.807, 2.05) is 18.2 Å². The Hall–Kier alpha value is -0.670. The maximum absolute atomic E-state index is 12.5. The topological polar surface area (TPSA) is 67.4 Å². The first-order valence-corrected chi connectivity index (χ1v) is 10.7. The zero-order valence-electron chi connectivity index (χ0n) is 15.9. The van der Waals surface area contributed by atoms with Crippen LogP contribution in [0, 0.1) is 0 Å². The number of alkyl carbamates (subject to hydrolysis) is 1. The fourth-order valence-corrected chi connectivity index (χ4v) is 2.93. The van der Waals surface area contributed by atoms with Gasteiger partial charge in [0.2, 0.25) is 5.91 Å². The van der Waals surface area contributed by atoms with Gasteiger partial charge in [-0.25, -0.2) is 4.79 Å². The molecule has 1 aromatic rings. The molecule has 0 bridgehead atoms. The molecule has 0 radical (unpaired) electrons. The standard InChI is InChI=1S/C18H27ClN2O3S.HI/c1-18(2,3)24-17(23)21-15(10-11-25(4)5)16(22)20-12-13-8-6-7-9-14(13)19;/h6-9,15H,10-12H2,1-5H3,(H-,20,21,22,23);1H/t15-;/m0./s1. The average molecular weight is 515 g/mol. The molecule has 0 spiro atoms. The molecular weight excluding hydrogens is 487 g/mol. The highest BCUT2D eigenvalue weighted by atomic mass is 127. The van der Waals surface area contributed by atoms with E-state index in [1.54, 1.807) is 26.8 Å². The molecule has 0 unspecified atom stereocenters. The van der Waals surface area contributed by atoms with Crippen LogP contribution >= 0.6 is 11.6 Å². The van der Waals surface area contributed by atoms with E-state index in [0.29, 0.717) is 18.0 Å². The summed E-state index contributed by atoms with van der Waals surface area (Å²) in [5.74, 6) is 0.608. The maximum atomic E-state index is 12.5. The summed E-state index contributed by atoms with van der Waals surface area (Å²) in [6, 6.07) is 6.70. The van der Waals surface area contributed by atoms with Crippen LogP contribution in [0.2, 0.25) is 5.02 Å². The number of halogens is 2. The molecule has 5 nitrogen and oxygen atoms in total. The van der Waals surface area contributed by atoms with E-state index in [-0.39, 0.29) is 40.8 Å². The molecule has 0 aromatic heterocycles. The number of rotatable bonds is 7. The Labute approximate surface area is 181 Å². The third-order valence-electron chi connectivity index (χ3n) is 3.23. The fraction of sp³-hybridized carbons (Fsp3) is 0.556. The lowest BCUT2D eigenvalue weighted by Gasteiger charge is -2.23. The first kappa shape index (κ1) is 25.3. The van der Waals surface area contributed by atoms with Crippen molar-refractivity contribution in [2.24, 2.45) is 0 Å². The molecule has 0 saturated heterocycles. The predicted molar refractivity (Wildman–Crippen MR) is 105 cm³/mol. The zero-order chi connectivity index (χ0) is 19.0. The molecule has 0 aliphatic heterocycles. The monoisotopic (exact) mass is 514 g/mol. The van der Waals surface area contributed by atoms with Crippen molar-refractivity contribution in [3.8, 4) is 0 Å². The molecule has 0 saturated carbocycles. The minimum Gasteiger partial charge on any atom is -1.00 e. The summed E-state index contributed by atoms with van der Waals surface area (Å²) in [5, 5.41) is 6.12. The van der Waals surface area contributed by atoms with Crippen LogP contribution in [0.25, 0.3) is 0 Å². The summed E-state index contributed by atoms with van der Waals surface area (Å²) in [6.07, 6.45) is 4.18. The Morgan fingerprint density at radius 3 is 2.38 bits per heavy atom. The van der Waals surface area contributed by atoms with E-state index in [1.165, 1.54) is 0 Å². The number of nitrogens with one attached hydrogen (secondary N) is 2. The number of benzene rings is 1. The van der Waals surface area contributed by atoms with Gasteiger partial charge in [0.25, 0.3) is 0 Å². The van der Waals surface area contributed by atoms with Gasteiger partial charge in [0.1, 0.15) is 17.4 Å². The second-order valence-corrected chi connectivity index (χ2v) is 9.77. The molecule has 26 heavy (non-hydrogen) atoms. The van der Waals surface area contributed by atoms with Crippen LogP contribution in [0.15, 0.2) is 24.3 Å². The van der Waals surface area contributed by atoms with Crippen molar-refractivity contribution in [1.29, 1.82) is 0 Å². The van der Waals surface area contributed by atoms with E-state index in [0.717, 1.165) is 11.3 Å². The lowest BCUT2D eigenvalue weighted by atomic mass is 10.2. The third-order valence-corrected chi connectivity index (χ3v) is 4.65. The van der Waals surface area contributed by atoms with E-state index in [4.69, 9.17) is 16.3 Å². The third kappa shape index (κ3) is 10.5. The van der Waals surface area contributed by atoms with Gasteiger partial charge in [0, 0.05) is 18.0 Å². The number of carbonyl (C=O) groups is 2. The summed E-state index contributed by atoms with van der Waals surface area (Å²) in [6.45, 7) is 5.67. The van der Waals surface area contributed by atoms with Crippen molar-refractivity contribution in [2.75, 3.05) is 18.3 Å². The lowest BCUT2D eigenvalue weighted by Crippen LogP contribution is -3.00. The molecule has 2 N–H and O–H groups in total. The van der Waals surface area contributed by atoms with Gasteiger partial charge in [0.15, 0.2) is 0 Å². The van der Waals surface area contributed by atoms with Gasteiger partial charge in [-0.15, -0.1) is 0 Å². The Morgan fingerprint density at radius 2 is 1.85 bits per heavy atom. The molecule has 2 amide bonds. The van der Waals surface area contributed by atoms with Crippen LogP contribution in [-0.4, -0.2) is 41.9 Å². The van der Waals surface area contributed by atoms with E-state index < -0.39 is 17.7 Å². The van der Waals surface area contributed by atoms with Gasteiger partial charge < -0.3 is 39.3 Å². The Kier molecular flexibility index (Phi) is 11.6. The molecule has 148 valence electrons. The number of amides is 2. The second kappa shape index (κ2) is 11.9. The predicted octanol–water partition coefficient (Wildman–Crippen LogP) is 0.122. The summed E-state index contributed by atoms with van der Waals surface area (Å²) in [4.78, 5) is 24.5. The Bertz CT molecular complexity index is 594. The minimum atomic E-state index is -0.632. The van der Waals surface area contributed by atoms with Crippen LogP contribution in [0.4, 0.5) is 4.79 Å². The number of carbonyl (C=O) groups excluding carboxylic acids is 2. The van der Waals surface area contributed by atoms with Crippen molar-refractivity contribution in [1.82, 2.24) is 10.6 Å². The number of ether oxygens (including phenoxy) is 1. The Morgan fingerprint density at radius 1 is 1.23 bits per heavy atom. The SMILES string of the molecule is C[S+](C)CC[C@H](NC(=O)OC(C)(C)C)C(=O)NCc1ccccc1Cl.[I-]. The minimum absolute atomic E-state index is 0. The summed E-state index contributed by atoms with van der Waals surface area (Å²) in [7, 11) is 0.177. The van der Waals surface area contributed by atoms with Gasteiger partial charge in [-0.05, 0) is 43.3 Å². The number of hydrogen-bond acceptors (Lipinski definition) is 3. The fourth-order valence-electron chi connectivity index (χ4n) is 2.02. The largest absolute Gasteiger partial charge is 1.00 e.